The molecule has 0 saturated carbocycles. The second-order valence-electron chi connectivity index (χ2n) is 4.89. The van der Waals surface area contributed by atoms with Gasteiger partial charge in [0.25, 0.3) is 0 Å². The molecule has 0 aliphatic heterocycles. The fourth-order valence-corrected chi connectivity index (χ4v) is 1.57. The molecule has 94 valence electrons. The molecular formula is C15H23NO. The van der Waals surface area contributed by atoms with Crippen LogP contribution in [0.3, 0.4) is 0 Å². The monoisotopic (exact) mass is 233 g/mol. The van der Waals surface area contributed by atoms with Crippen molar-refractivity contribution in [3.8, 4) is 0 Å². The van der Waals surface area contributed by atoms with Gasteiger partial charge >= 0.3 is 0 Å². The van der Waals surface area contributed by atoms with Crippen molar-refractivity contribution >= 4 is 5.78 Å². The summed E-state index contributed by atoms with van der Waals surface area (Å²) in [5, 5.41) is 3.22. The summed E-state index contributed by atoms with van der Waals surface area (Å²) in [5.41, 5.74) is 2.07. The highest BCUT2D eigenvalue weighted by Crippen LogP contribution is 2.14. The molecule has 1 atom stereocenters. The van der Waals surface area contributed by atoms with E-state index in [0.29, 0.717) is 18.5 Å². The van der Waals surface area contributed by atoms with Gasteiger partial charge in [-0.15, -0.1) is 0 Å². The van der Waals surface area contributed by atoms with Crippen LogP contribution >= 0.6 is 0 Å². The van der Waals surface area contributed by atoms with Crippen molar-refractivity contribution in [2.75, 3.05) is 6.54 Å². The van der Waals surface area contributed by atoms with Gasteiger partial charge in [-0.3, -0.25) is 4.79 Å². The van der Waals surface area contributed by atoms with Gasteiger partial charge in [0.05, 0.1) is 6.54 Å². The molecule has 2 heteroatoms. The molecular weight excluding hydrogens is 210 g/mol. The number of Topliss-reactive ketones (excluding diaryl/α,β-unsaturated/α-hetero) is 1. The predicted octanol–water partition coefficient (Wildman–Crippen LogP) is 3.38. The fourth-order valence-electron chi connectivity index (χ4n) is 1.57. The van der Waals surface area contributed by atoms with Gasteiger partial charge in [-0.05, 0) is 24.8 Å². The zero-order chi connectivity index (χ0) is 12.8. The lowest BCUT2D eigenvalue weighted by molar-refractivity contribution is 0.0987. The zero-order valence-corrected chi connectivity index (χ0v) is 11.3. The van der Waals surface area contributed by atoms with E-state index in [4.69, 9.17) is 0 Å². The van der Waals surface area contributed by atoms with Gasteiger partial charge in [0.2, 0.25) is 0 Å². The van der Waals surface area contributed by atoms with E-state index in [9.17, 15) is 4.79 Å². The Labute approximate surface area is 104 Å². The molecule has 0 saturated heterocycles. The largest absolute Gasteiger partial charge is 0.307 e. The highest BCUT2D eigenvalue weighted by Gasteiger charge is 2.07. The molecule has 0 spiro atoms. The standard InChI is InChI=1S/C15H23NO/c1-5-12(4)16-10-15(17)14-8-6-13(7-9-14)11(2)3/h6-9,11-12,16H,5,10H2,1-4H3. The highest BCUT2D eigenvalue weighted by molar-refractivity contribution is 5.97. The molecule has 1 unspecified atom stereocenters. The van der Waals surface area contributed by atoms with Crippen molar-refractivity contribution in [1.29, 1.82) is 0 Å². The number of carbonyl (C=O) groups is 1. The van der Waals surface area contributed by atoms with Crippen LogP contribution in [-0.2, 0) is 0 Å². The molecule has 0 aromatic heterocycles. The molecule has 0 fully saturated rings. The normalized spacial score (nSPS) is 12.8. The molecule has 0 heterocycles. The Kier molecular flexibility index (Phi) is 5.36. The van der Waals surface area contributed by atoms with Crippen molar-refractivity contribution in [1.82, 2.24) is 5.32 Å². The van der Waals surface area contributed by atoms with Gasteiger partial charge < -0.3 is 5.32 Å². The Bertz CT molecular complexity index is 354. The summed E-state index contributed by atoms with van der Waals surface area (Å²) in [6.45, 7) is 8.94. The molecule has 1 N–H and O–H groups in total. The Morgan fingerprint density at radius 2 is 1.76 bits per heavy atom. The minimum Gasteiger partial charge on any atom is -0.307 e. The maximum atomic E-state index is 11.9. The summed E-state index contributed by atoms with van der Waals surface area (Å²) in [6.07, 6.45) is 1.04. The summed E-state index contributed by atoms with van der Waals surface area (Å²) >= 11 is 0. The van der Waals surface area contributed by atoms with Gasteiger partial charge in [0, 0.05) is 11.6 Å². The average Bonchev–Trinajstić information content (AvgIpc) is 2.35. The van der Waals surface area contributed by atoms with Gasteiger partial charge in [-0.1, -0.05) is 45.0 Å². The SMILES string of the molecule is CCC(C)NCC(=O)c1ccc(C(C)C)cc1. The summed E-state index contributed by atoms with van der Waals surface area (Å²) in [7, 11) is 0. The number of ketones is 1. The fraction of sp³-hybridized carbons (Fsp3) is 0.533. The summed E-state index contributed by atoms with van der Waals surface area (Å²) in [6, 6.07) is 8.34. The van der Waals surface area contributed by atoms with Crippen LogP contribution in [0.15, 0.2) is 24.3 Å². The van der Waals surface area contributed by atoms with Crippen LogP contribution in [0.2, 0.25) is 0 Å². The van der Waals surface area contributed by atoms with E-state index < -0.39 is 0 Å². The summed E-state index contributed by atoms with van der Waals surface area (Å²) in [4.78, 5) is 11.9. The first kappa shape index (κ1) is 13.9. The second-order valence-corrected chi connectivity index (χ2v) is 4.89. The minimum absolute atomic E-state index is 0.167. The lowest BCUT2D eigenvalue weighted by Gasteiger charge is -2.11. The molecule has 2 nitrogen and oxygen atoms in total. The van der Waals surface area contributed by atoms with Crippen molar-refractivity contribution in [3.05, 3.63) is 35.4 Å². The Hall–Kier alpha value is -1.15. The lowest BCUT2D eigenvalue weighted by Crippen LogP contribution is -2.30. The Balaban J connectivity index is 2.58. The molecule has 0 aliphatic carbocycles. The molecule has 1 aromatic rings. The van der Waals surface area contributed by atoms with E-state index in [0.717, 1.165) is 12.0 Å². The van der Waals surface area contributed by atoms with E-state index in [1.807, 2.05) is 24.3 Å². The highest BCUT2D eigenvalue weighted by atomic mass is 16.1. The third-order valence-electron chi connectivity index (χ3n) is 3.12. The number of hydrogen-bond donors (Lipinski definition) is 1. The van der Waals surface area contributed by atoms with Crippen LogP contribution in [0.4, 0.5) is 0 Å². The minimum atomic E-state index is 0.167. The third kappa shape index (κ3) is 4.31. The van der Waals surface area contributed by atoms with Crippen LogP contribution in [-0.4, -0.2) is 18.4 Å². The predicted molar refractivity (Wildman–Crippen MR) is 72.6 cm³/mol. The Morgan fingerprint density at radius 1 is 1.18 bits per heavy atom. The van der Waals surface area contributed by atoms with Gasteiger partial charge in [-0.2, -0.15) is 0 Å². The van der Waals surface area contributed by atoms with Crippen LogP contribution < -0.4 is 5.32 Å². The van der Waals surface area contributed by atoms with E-state index in [1.54, 1.807) is 0 Å². The first-order chi connectivity index (χ1) is 8.04. The van der Waals surface area contributed by atoms with Crippen molar-refractivity contribution in [2.24, 2.45) is 0 Å². The van der Waals surface area contributed by atoms with Crippen molar-refractivity contribution in [2.45, 2.75) is 46.1 Å². The number of nitrogens with one attached hydrogen (secondary N) is 1. The molecule has 17 heavy (non-hydrogen) atoms. The molecule has 0 bridgehead atoms. The summed E-state index contributed by atoms with van der Waals surface area (Å²) < 4.78 is 0. The smallest absolute Gasteiger partial charge is 0.176 e. The van der Waals surface area contributed by atoms with E-state index >= 15 is 0 Å². The topological polar surface area (TPSA) is 29.1 Å². The van der Waals surface area contributed by atoms with Crippen LogP contribution in [0.5, 0.6) is 0 Å². The number of carbonyl (C=O) groups excluding carboxylic acids is 1. The Morgan fingerprint density at radius 3 is 2.24 bits per heavy atom. The van der Waals surface area contributed by atoms with Crippen molar-refractivity contribution in [3.63, 3.8) is 0 Å². The quantitative estimate of drug-likeness (QED) is 0.763. The second kappa shape index (κ2) is 6.55. The van der Waals surface area contributed by atoms with Crippen LogP contribution in [0.1, 0.15) is 56.0 Å². The van der Waals surface area contributed by atoms with Gasteiger partial charge in [0.15, 0.2) is 5.78 Å². The number of benzene rings is 1. The molecule has 0 amide bonds. The van der Waals surface area contributed by atoms with E-state index in [2.05, 4.69) is 33.0 Å². The molecule has 1 aromatic carbocycles. The van der Waals surface area contributed by atoms with Crippen LogP contribution in [0.25, 0.3) is 0 Å². The van der Waals surface area contributed by atoms with E-state index in [1.165, 1.54) is 5.56 Å². The van der Waals surface area contributed by atoms with Crippen molar-refractivity contribution < 1.29 is 4.79 Å². The molecule has 0 radical (unpaired) electrons. The zero-order valence-electron chi connectivity index (χ0n) is 11.3. The first-order valence-electron chi connectivity index (χ1n) is 6.41. The molecule has 1 rings (SSSR count). The maximum absolute atomic E-state index is 11.9. The number of hydrogen-bond acceptors (Lipinski definition) is 2. The van der Waals surface area contributed by atoms with Gasteiger partial charge in [-0.25, -0.2) is 0 Å². The van der Waals surface area contributed by atoms with Crippen LogP contribution in [0, 0.1) is 0 Å². The van der Waals surface area contributed by atoms with Gasteiger partial charge in [0.1, 0.15) is 0 Å². The maximum Gasteiger partial charge on any atom is 0.176 e. The average molecular weight is 233 g/mol. The lowest BCUT2D eigenvalue weighted by atomic mass is 10.0. The third-order valence-corrected chi connectivity index (χ3v) is 3.12. The summed E-state index contributed by atoms with van der Waals surface area (Å²) in [5.74, 6) is 0.679. The van der Waals surface area contributed by atoms with E-state index in [-0.39, 0.29) is 5.78 Å². The number of rotatable bonds is 6. The molecule has 0 aliphatic rings. The first-order valence-corrected chi connectivity index (χ1v) is 6.41.